The molecule has 1 aromatic carbocycles. The van der Waals surface area contributed by atoms with E-state index >= 15 is 0 Å². The zero-order chi connectivity index (χ0) is 19.0. The molecule has 2 aromatic heterocycles. The van der Waals surface area contributed by atoms with E-state index < -0.39 is 0 Å². The Morgan fingerprint density at radius 2 is 1.89 bits per heavy atom. The number of benzene rings is 1. The number of fused-ring (bicyclic) bond motifs is 1. The maximum absolute atomic E-state index is 6.25. The monoisotopic (exact) mass is 424 g/mol. The minimum atomic E-state index is 0.506. The van der Waals surface area contributed by atoms with E-state index in [1.54, 1.807) is 23.8 Å². The fourth-order valence-corrected chi connectivity index (χ4v) is 4.15. The zero-order valence-corrected chi connectivity index (χ0v) is 17.2. The summed E-state index contributed by atoms with van der Waals surface area (Å²) >= 11 is 17.9. The molecule has 1 fully saturated rings. The van der Waals surface area contributed by atoms with Gasteiger partial charge in [-0.15, -0.1) is 5.10 Å². The smallest absolute Gasteiger partial charge is 0.207 e. The van der Waals surface area contributed by atoms with Gasteiger partial charge in [-0.25, -0.2) is 0 Å². The Morgan fingerprint density at radius 1 is 1.19 bits per heavy atom. The van der Waals surface area contributed by atoms with E-state index in [1.165, 1.54) is 10.6 Å². The van der Waals surface area contributed by atoms with Gasteiger partial charge < -0.3 is 14.5 Å². The van der Waals surface area contributed by atoms with Crippen LogP contribution in [0, 0.1) is 4.77 Å². The largest absolute Gasteiger partial charge is 0.497 e. The van der Waals surface area contributed by atoms with Crippen LogP contribution in [-0.2, 0) is 6.67 Å². The predicted octanol–water partition coefficient (Wildman–Crippen LogP) is 2.54. The van der Waals surface area contributed by atoms with Crippen molar-refractivity contribution in [1.29, 1.82) is 0 Å². The van der Waals surface area contributed by atoms with Gasteiger partial charge in [-0.1, -0.05) is 23.2 Å². The van der Waals surface area contributed by atoms with E-state index in [2.05, 4.69) is 22.1 Å². The molecule has 3 aromatic rings. The molecule has 0 atom stereocenters. The quantitative estimate of drug-likeness (QED) is 0.653. The lowest BCUT2D eigenvalue weighted by atomic mass is 10.2. The molecular weight excluding hydrogens is 405 g/mol. The van der Waals surface area contributed by atoms with Crippen LogP contribution in [0.4, 0.5) is 5.69 Å². The lowest BCUT2D eigenvalue weighted by molar-refractivity contribution is -0.924. The summed E-state index contributed by atoms with van der Waals surface area (Å²) in [6.45, 7) is 4.70. The molecule has 0 unspecified atom stereocenters. The van der Waals surface area contributed by atoms with Crippen LogP contribution in [0.3, 0.4) is 0 Å². The first-order valence-electron chi connectivity index (χ1n) is 8.72. The second-order valence-corrected chi connectivity index (χ2v) is 7.78. The SMILES string of the molecule is COc1ccc(N2CC[NH+](Cn3nc4c(Cl)cc(Cl)cn4c3=S)CC2)cc1. The molecule has 0 bridgehead atoms. The number of nitrogens with one attached hydrogen (secondary N) is 1. The van der Waals surface area contributed by atoms with Crippen LogP contribution < -0.4 is 14.5 Å². The van der Waals surface area contributed by atoms with Gasteiger partial charge in [0.05, 0.1) is 43.3 Å². The van der Waals surface area contributed by atoms with Gasteiger partial charge in [-0.2, -0.15) is 4.68 Å². The van der Waals surface area contributed by atoms with E-state index in [0.717, 1.165) is 31.9 Å². The van der Waals surface area contributed by atoms with E-state index in [-0.39, 0.29) is 0 Å². The summed E-state index contributed by atoms with van der Waals surface area (Å²) in [6.07, 6.45) is 1.76. The third-order valence-electron chi connectivity index (χ3n) is 4.88. The second kappa shape index (κ2) is 7.67. The van der Waals surface area contributed by atoms with E-state index in [4.69, 9.17) is 40.2 Å². The van der Waals surface area contributed by atoms with E-state index in [9.17, 15) is 0 Å². The number of nitrogens with zero attached hydrogens (tertiary/aromatic N) is 4. The third-order valence-corrected chi connectivity index (χ3v) is 5.77. The Bertz CT molecular complexity index is 1010. The Balaban J connectivity index is 1.45. The van der Waals surface area contributed by atoms with Crippen molar-refractivity contribution in [2.24, 2.45) is 0 Å². The molecule has 3 heterocycles. The first kappa shape index (κ1) is 18.6. The number of piperazine rings is 1. The highest BCUT2D eigenvalue weighted by molar-refractivity contribution is 7.71. The highest BCUT2D eigenvalue weighted by atomic mass is 35.5. The number of ether oxygens (including phenoxy) is 1. The molecule has 4 rings (SSSR count). The average molecular weight is 425 g/mol. The lowest BCUT2D eigenvalue weighted by Crippen LogP contribution is -3.14. The number of rotatable bonds is 4. The van der Waals surface area contributed by atoms with Gasteiger partial charge in [0, 0.05) is 11.9 Å². The number of pyridine rings is 1. The van der Waals surface area contributed by atoms with Gasteiger partial charge in [0.2, 0.25) is 4.77 Å². The van der Waals surface area contributed by atoms with Crippen molar-refractivity contribution in [3.8, 4) is 5.75 Å². The van der Waals surface area contributed by atoms with Crippen molar-refractivity contribution >= 4 is 46.8 Å². The average Bonchev–Trinajstić information content (AvgIpc) is 2.99. The summed E-state index contributed by atoms with van der Waals surface area (Å²) in [6, 6.07) is 9.89. The fraction of sp³-hybridized carbons (Fsp3) is 0.333. The predicted molar refractivity (Wildman–Crippen MR) is 110 cm³/mol. The highest BCUT2D eigenvalue weighted by Gasteiger charge is 2.21. The summed E-state index contributed by atoms with van der Waals surface area (Å²) in [7, 11) is 1.68. The Hall–Kier alpha value is -1.80. The molecule has 27 heavy (non-hydrogen) atoms. The Morgan fingerprint density at radius 3 is 2.56 bits per heavy atom. The van der Waals surface area contributed by atoms with Crippen molar-refractivity contribution in [1.82, 2.24) is 14.2 Å². The summed E-state index contributed by atoms with van der Waals surface area (Å²) in [4.78, 5) is 3.82. The van der Waals surface area contributed by atoms with Gasteiger partial charge in [0.15, 0.2) is 12.3 Å². The van der Waals surface area contributed by atoms with Gasteiger partial charge in [0.25, 0.3) is 0 Å². The molecule has 1 aliphatic heterocycles. The van der Waals surface area contributed by atoms with E-state index in [0.29, 0.717) is 27.1 Å². The molecular formula is C18H20Cl2N5OS+. The molecule has 0 amide bonds. The molecule has 142 valence electrons. The Kier molecular flexibility index (Phi) is 5.27. The number of methoxy groups -OCH3 is 1. The number of halogens is 2. The normalized spacial score (nSPS) is 15.4. The first-order valence-corrected chi connectivity index (χ1v) is 9.88. The van der Waals surface area contributed by atoms with Crippen LogP contribution >= 0.6 is 35.4 Å². The summed E-state index contributed by atoms with van der Waals surface area (Å²) < 4.78 is 9.45. The van der Waals surface area contributed by atoms with Crippen LogP contribution in [0.5, 0.6) is 5.75 Å². The van der Waals surface area contributed by atoms with Gasteiger partial charge in [-0.3, -0.25) is 4.40 Å². The first-order chi connectivity index (χ1) is 13.0. The summed E-state index contributed by atoms with van der Waals surface area (Å²) in [5.74, 6) is 0.878. The topological polar surface area (TPSA) is 39.1 Å². The van der Waals surface area contributed by atoms with Crippen LogP contribution in [0.25, 0.3) is 5.65 Å². The molecule has 6 nitrogen and oxygen atoms in total. The van der Waals surface area contributed by atoms with Crippen molar-refractivity contribution in [2.45, 2.75) is 6.67 Å². The molecule has 1 saturated heterocycles. The van der Waals surface area contributed by atoms with Crippen LogP contribution in [-0.4, -0.2) is 47.5 Å². The van der Waals surface area contributed by atoms with Crippen LogP contribution in [0.15, 0.2) is 36.5 Å². The molecule has 9 heteroatoms. The number of aromatic nitrogens is 3. The van der Waals surface area contributed by atoms with Crippen molar-refractivity contribution in [2.75, 3.05) is 38.2 Å². The Labute approximate surface area is 172 Å². The van der Waals surface area contributed by atoms with Gasteiger partial charge in [0.1, 0.15) is 5.75 Å². The minimum Gasteiger partial charge on any atom is -0.497 e. The summed E-state index contributed by atoms with van der Waals surface area (Å²) in [5, 5.41) is 5.63. The number of hydrogen-bond donors (Lipinski definition) is 1. The standard InChI is InChI=1S/C18H19Cl2N5OS/c1-26-15-4-2-14(3-5-15)23-8-6-22(7-9-23)12-25-18(27)24-11-13(19)10-16(20)17(24)21-25/h2-5,10-11H,6-9,12H2,1H3/p+1. The minimum absolute atomic E-state index is 0.506. The van der Waals surface area contributed by atoms with Crippen LogP contribution in [0.2, 0.25) is 10.0 Å². The molecule has 0 aliphatic carbocycles. The fourth-order valence-electron chi connectivity index (χ4n) is 3.39. The molecule has 0 saturated carbocycles. The maximum atomic E-state index is 6.25. The van der Waals surface area contributed by atoms with Gasteiger partial charge >= 0.3 is 0 Å². The third kappa shape index (κ3) is 3.78. The molecule has 0 radical (unpaired) electrons. The highest BCUT2D eigenvalue weighted by Crippen LogP contribution is 2.21. The van der Waals surface area contributed by atoms with Crippen molar-refractivity contribution in [3.63, 3.8) is 0 Å². The summed E-state index contributed by atoms with van der Waals surface area (Å²) in [5.41, 5.74) is 1.86. The lowest BCUT2D eigenvalue weighted by Gasteiger charge is -2.33. The number of anilines is 1. The molecule has 1 N–H and O–H groups in total. The van der Waals surface area contributed by atoms with Crippen LogP contribution in [0.1, 0.15) is 0 Å². The maximum Gasteiger partial charge on any atom is 0.207 e. The molecule has 1 aliphatic rings. The number of hydrogen-bond acceptors (Lipinski definition) is 4. The molecule has 0 spiro atoms. The van der Waals surface area contributed by atoms with Crippen molar-refractivity contribution in [3.05, 3.63) is 51.3 Å². The number of quaternary nitrogens is 1. The van der Waals surface area contributed by atoms with Crippen molar-refractivity contribution < 1.29 is 9.64 Å². The zero-order valence-electron chi connectivity index (χ0n) is 14.9. The van der Waals surface area contributed by atoms with Gasteiger partial charge in [-0.05, 0) is 42.5 Å². The van der Waals surface area contributed by atoms with E-state index in [1.807, 2.05) is 16.8 Å². The second-order valence-electron chi connectivity index (χ2n) is 6.58.